The molecule has 2 aliphatic carbocycles. The fourth-order valence-electron chi connectivity index (χ4n) is 4.40. The largest absolute Gasteiger partial charge is 0.289 e. The van der Waals surface area contributed by atoms with Gasteiger partial charge in [0.15, 0.2) is 10.9 Å². The maximum atomic E-state index is 13.2. The highest BCUT2D eigenvalue weighted by atomic mass is 35.5. The second-order valence-corrected chi connectivity index (χ2v) is 7.49. The Morgan fingerprint density at radius 2 is 1.08 bits per heavy atom. The van der Waals surface area contributed by atoms with Gasteiger partial charge in [0.1, 0.15) is 0 Å². The summed E-state index contributed by atoms with van der Waals surface area (Å²) >= 11 is 12.9. The Labute approximate surface area is 156 Å². The molecule has 0 amide bonds. The fraction of sp³-hybridized carbons (Fsp3) is 0. The minimum atomic E-state index is -0.0840. The minimum absolute atomic E-state index is 0.0477. The average molecular weight is 375 g/mol. The molecule has 0 radical (unpaired) electrons. The number of halogens is 2. The van der Waals surface area contributed by atoms with Crippen LogP contribution in [0.2, 0.25) is 10.0 Å². The van der Waals surface area contributed by atoms with Gasteiger partial charge >= 0.3 is 0 Å². The normalized spacial score (nSPS) is 12.5. The monoisotopic (exact) mass is 374 g/mol. The molecular formula is C22H8Cl2O2. The molecule has 0 N–H and O–H groups in total. The average Bonchev–Trinajstić information content (AvgIpc) is 2.65. The van der Waals surface area contributed by atoms with Gasteiger partial charge in [-0.05, 0) is 24.3 Å². The van der Waals surface area contributed by atoms with Crippen LogP contribution in [0.15, 0.2) is 58.1 Å². The van der Waals surface area contributed by atoms with Gasteiger partial charge in [-0.15, -0.1) is 0 Å². The molecule has 0 heterocycles. The highest BCUT2D eigenvalue weighted by molar-refractivity contribution is 6.41. The molecule has 2 aliphatic rings. The van der Waals surface area contributed by atoms with Gasteiger partial charge in [0, 0.05) is 64.3 Å². The fourth-order valence-corrected chi connectivity index (χ4v) is 4.89. The first-order chi connectivity index (χ1) is 12.6. The highest BCUT2D eigenvalue weighted by Gasteiger charge is 2.26. The lowest BCUT2D eigenvalue weighted by atomic mass is 9.81. The SMILES string of the molecule is O=c1c2ccc3c(Cl)ccc4c(=O)c5cc(Cl)c6cccc1c6c5-c2c34. The second kappa shape index (κ2) is 4.53. The van der Waals surface area contributed by atoms with E-state index in [9.17, 15) is 9.59 Å². The third-order valence-corrected chi connectivity index (χ3v) is 6.11. The maximum absolute atomic E-state index is 13.2. The van der Waals surface area contributed by atoms with E-state index in [1.54, 1.807) is 24.3 Å². The second-order valence-electron chi connectivity index (χ2n) is 6.67. The molecule has 4 heteroatoms. The first-order valence-corrected chi connectivity index (χ1v) is 8.93. The first kappa shape index (κ1) is 14.5. The van der Waals surface area contributed by atoms with Crippen LogP contribution in [0.5, 0.6) is 0 Å². The smallest absolute Gasteiger partial charge is 0.194 e. The third-order valence-electron chi connectivity index (χ3n) is 5.47. The van der Waals surface area contributed by atoms with Crippen molar-refractivity contribution in [3.63, 3.8) is 0 Å². The van der Waals surface area contributed by atoms with Gasteiger partial charge in [0.05, 0.1) is 0 Å². The van der Waals surface area contributed by atoms with Crippen LogP contribution in [0.4, 0.5) is 0 Å². The third kappa shape index (κ3) is 1.47. The van der Waals surface area contributed by atoms with Gasteiger partial charge in [-0.2, -0.15) is 0 Å². The van der Waals surface area contributed by atoms with E-state index in [-0.39, 0.29) is 10.9 Å². The summed E-state index contributed by atoms with van der Waals surface area (Å²) in [6, 6.07) is 14.3. The van der Waals surface area contributed by atoms with Crippen molar-refractivity contribution in [2.45, 2.75) is 0 Å². The molecule has 0 fully saturated rings. The summed E-state index contributed by atoms with van der Waals surface area (Å²) in [5.41, 5.74) is 1.48. The van der Waals surface area contributed by atoms with Crippen LogP contribution in [-0.4, -0.2) is 0 Å². The van der Waals surface area contributed by atoms with Crippen LogP contribution in [0.3, 0.4) is 0 Å². The van der Waals surface area contributed by atoms with Gasteiger partial charge in [0.2, 0.25) is 0 Å². The quantitative estimate of drug-likeness (QED) is 0.250. The van der Waals surface area contributed by atoms with Crippen LogP contribution in [0, 0.1) is 0 Å². The standard InChI is InChI=1S/C22H8Cl2O2/c23-15-7-6-12-18-10(15)4-5-13-19(18)20-14(22(12)26)8-16(24)9-2-1-3-11(17(9)20)21(13)25/h1-8H. The van der Waals surface area contributed by atoms with E-state index in [4.69, 9.17) is 23.2 Å². The van der Waals surface area contributed by atoms with E-state index in [1.165, 1.54) is 0 Å². The summed E-state index contributed by atoms with van der Waals surface area (Å²) in [5, 5.41) is 6.47. The van der Waals surface area contributed by atoms with Gasteiger partial charge in [-0.1, -0.05) is 47.5 Å². The molecule has 122 valence electrons. The van der Waals surface area contributed by atoms with E-state index in [0.717, 1.165) is 32.7 Å². The van der Waals surface area contributed by atoms with Crippen molar-refractivity contribution in [1.82, 2.24) is 0 Å². The molecule has 0 bridgehead atoms. The lowest BCUT2D eigenvalue weighted by molar-refractivity contribution is 1.65. The molecule has 0 unspecified atom stereocenters. The number of rotatable bonds is 0. The van der Waals surface area contributed by atoms with E-state index < -0.39 is 0 Å². The van der Waals surface area contributed by atoms with Crippen LogP contribution in [0.25, 0.3) is 54.2 Å². The van der Waals surface area contributed by atoms with E-state index >= 15 is 0 Å². The molecule has 0 spiro atoms. The molecule has 0 saturated heterocycles. The van der Waals surface area contributed by atoms with Gasteiger partial charge < -0.3 is 0 Å². The summed E-state index contributed by atoms with van der Waals surface area (Å²) in [5.74, 6) is 0. The van der Waals surface area contributed by atoms with Crippen molar-refractivity contribution < 1.29 is 0 Å². The maximum Gasteiger partial charge on any atom is 0.194 e. The van der Waals surface area contributed by atoms with E-state index in [2.05, 4.69) is 0 Å². The van der Waals surface area contributed by atoms with Gasteiger partial charge in [-0.3, -0.25) is 9.59 Å². The summed E-state index contributed by atoms with van der Waals surface area (Å²) in [6.45, 7) is 0. The lowest BCUT2D eigenvalue weighted by Crippen LogP contribution is -2.13. The predicted octanol–water partition coefficient (Wildman–Crippen LogP) is 5.74. The predicted molar refractivity (Wildman–Crippen MR) is 109 cm³/mol. The van der Waals surface area contributed by atoms with E-state index in [1.807, 2.05) is 24.3 Å². The van der Waals surface area contributed by atoms with Crippen LogP contribution in [0.1, 0.15) is 0 Å². The number of benzene rings is 6. The lowest BCUT2D eigenvalue weighted by Gasteiger charge is -2.21. The molecule has 2 nitrogen and oxygen atoms in total. The Bertz CT molecular complexity index is 1590. The molecule has 0 saturated carbocycles. The zero-order valence-corrected chi connectivity index (χ0v) is 14.7. The Kier molecular flexibility index (Phi) is 2.52. The zero-order chi connectivity index (χ0) is 17.7. The molecular weight excluding hydrogens is 367 g/mol. The topological polar surface area (TPSA) is 34.1 Å². The van der Waals surface area contributed by atoms with Crippen LogP contribution < -0.4 is 10.9 Å². The highest BCUT2D eigenvalue weighted by Crippen LogP contribution is 2.47. The minimum Gasteiger partial charge on any atom is -0.289 e. The Morgan fingerprint density at radius 1 is 0.538 bits per heavy atom. The van der Waals surface area contributed by atoms with Crippen LogP contribution >= 0.6 is 23.2 Å². The molecule has 4 aromatic rings. The Hall–Kier alpha value is -2.68. The van der Waals surface area contributed by atoms with Gasteiger partial charge in [-0.25, -0.2) is 0 Å². The molecule has 0 atom stereocenters. The summed E-state index contributed by atoms with van der Waals surface area (Å²) < 4.78 is 0. The summed E-state index contributed by atoms with van der Waals surface area (Å²) in [6.07, 6.45) is 0. The Balaban J connectivity index is 2.18. The van der Waals surface area contributed by atoms with Crippen molar-refractivity contribution in [3.05, 3.63) is 79.0 Å². The molecule has 0 aliphatic heterocycles. The van der Waals surface area contributed by atoms with Crippen molar-refractivity contribution in [2.24, 2.45) is 0 Å². The van der Waals surface area contributed by atoms with Crippen molar-refractivity contribution in [3.8, 4) is 11.1 Å². The number of hydrogen-bond acceptors (Lipinski definition) is 2. The van der Waals surface area contributed by atoms with Gasteiger partial charge in [0.25, 0.3) is 0 Å². The Morgan fingerprint density at radius 3 is 1.88 bits per heavy atom. The zero-order valence-electron chi connectivity index (χ0n) is 13.2. The first-order valence-electron chi connectivity index (χ1n) is 8.18. The molecule has 26 heavy (non-hydrogen) atoms. The molecule has 6 rings (SSSR count). The molecule has 0 aromatic heterocycles. The molecule has 4 aromatic carbocycles. The van der Waals surface area contributed by atoms with Crippen molar-refractivity contribution in [1.29, 1.82) is 0 Å². The summed E-state index contributed by atoms with van der Waals surface area (Å²) in [4.78, 5) is 26.4. The summed E-state index contributed by atoms with van der Waals surface area (Å²) in [7, 11) is 0. The number of hydrogen-bond donors (Lipinski definition) is 0. The van der Waals surface area contributed by atoms with Crippen LogP contribution in [-0.2, 0) is 0 Å². The van der Waals surface area contributed by atoms with E-state index in [0.29, 0.717) is 31.6 Å². The van der Waals surface area contributed by atoms with Crippen molar-refractivity contribution in [2.75, 3.05) is 0 Å². The van der Waals surface area contributed by atoms with Crippen molar-refractivity contribution >= 4 is 66.3 Å².